The number of hydrogen-bond acceptors (Lipinski definition) is 3. The zero-order valence-electron chi connectivity index (χ0n) is 14.8. The number of likely N-dealkylation sites (N-methyl/N-ethyl adjacent to an activating group) is 1. The molecule has 0 saturated carbocycles. The van der Waals surface area contributed by atoms with E-state index in [1.54, 1.807) is 19.0 Å². The smallest absolute Gasteiger partial charge is 0.241 e. The average Bonchev–Trinajstić information content (AvgIpc) is 3.08. The van der Waals surface area contributed by atoms with Gasteiger partial charge in [-0.05, 0) is 24.5 Å². The molecule has 132 valence electrons. The molecule has 1 saturated heterocycles. The fraction of sp³-hybridized carbons (Fsp3) is 0.556. The van der Waals surface area contributed by atoms with Gasteiger partial charge in [-0.1, -0.05) is 24.3 Å². The molecule has 6 heteroatoms. The van der Waals surface area contributed by atoms with Gasteiger partial charge in [-0.2, -0.15) is 0 Å². The summed E-state index contributed by atoms with van der Waals surface area (Å²) in [4.78, 5) is 18.0. The second-order valence-electron chi connectivity index (χ2n) is 6.34. The predicted molar refractivity (Wildman–Crippen MR) is 95.9 cm³/mol. The number of amides is 1. The first kappa shape index (κ1) is 18.3. The molecule has 0 radical (unpaired) electrons. The highest BCUT2D eigenvalue weighted by Gasteiger charge is 2.16. The summed E-state index contributed by atoms with van der Waals surface area (Å²) in [6.07, 6.45) is 1.06. The number of guanidine groups is 1. The molecular weight excluding hydrogens is 304 g/mol. The third-order valence-corrected chi connectivity index (χ3v) is 4.16. The summed E-state index contributed by atoms with van der Waals surface area (Å²) in [5.41, 5.74) is 2.40. The van der Waals surface area contributed by atoms with Crippen LogP contribution in [-0.2, 0) is 16.1 Å². The number of benzene rings is 1. The Labute approximate surface area is 144 Å². The Balaban J connectivity index is 1.95. The Hall–Kier alpha value is -2.08. The molecule has 1 aromatic carbocycles. The molecule has 0 aromatic heterocycles. The lowest BCUT2D eigenvalue weighted by Crippen LogP contribution is -2.44. The number of hydrogen-bond donors (Lipinski definition) is 2. The second-order valence-corrected chi connectivity index (χ2v) is 6.34. The van der Waals surface area contributed by atoms with Gasteiger partial charge in [-0.25, -0.2) is 4.99 Å². The summed E-state index contributed by atoms with van der Waals surface area (Å²) < 4.78 is 5.40. The lowest BCUT2D eigenvalue weighted by atomic mass is 10.1. The molecule has 1 heterocycles. The van der Waals surface area contributed by atoms with Gasteiger partial charge < -0.3 is 20.3 Å². The largest absolute Gasteiger partial charge is 0.381 e. The minimum absolute atomic E-state index is 0.0181. The van der Waals surface area contributed by atoms with Crippen LogP contribution in [0.25, 0.3) is 0 Å². The quantitative estimate of drug-likeness (QED) is 0.606. The highest BCUT2D eigenvalue weighted by molar-refractivity contribution is 5.86. The van der Waals surface area contributed by atoms with Gasteiger partial charge in [0.05, 0.1) is 19.7 Å². The lowest BCUT2D eigenvalue weighted by Gasteiger charge is -2.16. The van der Waals surface area contributed by atoms with Crippen molar-refractivity contribution in [2.75, 3.05) is 40.4 Å². The Morgan fingerprint density at radius 3 is 2.79 bits per heavy atom. The van der Waals surface area contributed by atoms with E-state index in [1.807, 2.05) is 12.1 Å². The molecule has 0 spiro atoms. The first-order valence-electron chi connectivity index (χ1n) is 8.41. The van der Waals surface area contributed by atoms with Gasteiger partial charge in [0.25, 0.3) is 0 Å². The summed E-state index contributed by atoms with van der Waals surface area (Å²) in [6, 6.07) is 8.20. The van der Waals surface area contributed by atoms with Gasteiger partial charge >= 0.3 is 0 Å². The first-order chi connectivity index (χ1) is 11.6. The zero-order valence-corrected chi connectivity index (χ0v) is 14.8. The maximum absolute atomic E-state index is 11.8. The SMILES string of the molecule is Cc1ccccc1CN=C(NCC(=O)N(C)C)NCC1CCOC1. The molecule has 2 rings (SSSR count). The Morgan fingerprint density at radius 1 is 1.33 bits per heavy atom. The van der Waals surface area contributed by atoms with Crippen LogP contribution in [0.15, 0.2) is 29.3 Å². The van der Waals surface area contributed by atoms with E-state index >= 15 is 0 Å². The van der Waals surface area contributed by atoms with Crippen LogP contribution >= 0.6 is 0 Å². The topological polar surface area (TPSA) is 66.0 Å². The maximum Gasteiger partial charge on any atom is 0.241 e. The van der Waals surface area contributed by atoms with Crippen molar-refractivity contribution in [1.82, 2.24) is 15.5 Å². The molecule has 6 nitrogen and oxygen atoms in total. The minimum atomic E-state index is 0.0181. The normalized spacial score (nSPS) is 17.6. The second kappa shape index (κ2) is 9.27. The van der Waals surface area contributed by atoms with Crippen molar-refractivity contribution in [3.63, 3.8) is 0 Å². The standard InChI is InChI=1S/C18H28N4O2/c1-14-6-4-5-7-16(14)11-20-18(21-12-17(23)22(2)3)19-10-15-8-9-24-13-15/h4-7,15H,8-13H2,1-3H3,(H2,19,20,21). The van der Waals surface area contributed by atoms with Gasteiger partial charge in [-0.3, -0.25) is 4.79 Å². The van der Waals surface area contributed by atoms with E-state index in [0.717, 1.165) is 26.2 Å². The van der Waals surface area contributed by atoms with Crippen LogP contribution in [-0.4, -0.2) is 57.2 Å². The van der Waals surface area contributed by atoms with Crippen LogP contribution in [0.3, 0.4) is 0 Å². The van der Waals surface area contributed by atoms with Crippen molar-refractivity contribution in [3.8, 4) is 0 Å². The van der Waals surface area contributed by atoms with Crippen LogP contribution in [0.4, 0.5) is 0 Å². The maximum atomic E-state index is 11.8. The Kier molecular flexibility index (Phi) is 7.06. The number of ether oxygens (including phenoxy) is 1. The van der Waals surface area contributed by atoms with Gasteiger partial charge in [0.2, 0.25) is 5.91 Å². The number of rotatable bonds is 6. The van der Waals surface area contributed by atoms with Crippen LogP contribution in [0.1, 0.15) is 17.5 Å². The molecule has 1 unspecified atom stereocenters. The number of nitrogens with one attached hydrogen (secondary N) is 2. The summed E-state index contributed by atoms with van der Waals surface area (Å²) in [7, 11) is 3.49. The third-order valence-electron chi connectivity index (χ3n) is 4.16. The van der Waals surface area contributed by atoms with Gasteiger partial charge in [-0.15, -0.1) is 0 Å². The van der Waals surface area contributed by atoms with Crippen LogP contribution in [0, 0.1) is 12.8 Å². The van der Waals surface area contributed by atoms with Crippen molar-refractivity contribution < 1.29 is 9.53 Å². The molecule has 1 aliphatic rings. The number of carbonyl (C=O) groups is 1. The number of nitrogens with zero attached hydrogens (tertiary/aromatic N) is 2. The Morgan fingerprint density at radius 2 is 2.12 bits per heavy atom. The predicted octanol–water partition coefficient (Wildman–Crippen LogP) is 1.15. The molecule has 0 bridgehead atoms. The minimum Gasteiger partial charge on any atom is -0.381 e. The Bertz CT molecular complexity index is 566. The van der Waals surface area contributed by atoms with E-state index in [4.69, 9.17) is 4.74 Å². The molecule has 2 N–H and O–H groups in total. The van der Waals surface area contributed by atoms with Crippen LogP contribution in [0.2, 0.25) is 0 Å². The summed E-state index contributed by atoms with van der Waals surface area (Å²) in [6.45, 7) is 5.31. The van der Waals surface area contributed by atoms with E-state index in [9.17, 15) is 4.79 Å². The van der Waals surface area contributed by atoms with Gasteiger partial charge in [0, 0.05) is 33.2 Å². The average molecular weight is 332 g/mol. The molecule has 1 aromatic rings. The van der Waals surface area contributed by atoms with Crippen molar-refractivity contribution >= 4 is 11.9 Å². The van der Waals surface area contributed by atoms with E-state index < -0.39 is 0 Å². The van der Waals surface area contributed by atoms with Crippen LogP contribution < -0.4 is 10.6 Å². The number of aliphatic imine (C=N–C) groups is 1. The number of carbonyl (C=O) groups excluding carboxylic acids is 1. The zero-order chi connectivity index (χ0) is 17.4. The first-order valence-corrected chi connectivity index (χ1v) is 8.41. The van der Waals surface area contributed by atoms with E-state index in [2.05, 4.69) is 34.7 Å². The lowest BCUT2D eigenvalue weighted by molar-refractivity contribution is -0.127. The molecular formula is C18H28N4O2. The molecule has 1 atom stereocenters. The fourth-order valence-electron chi connectivity index (χ4n) is 2.43. The molecule has 1 amide bonds. The molecule has 1 fully saturated rings. The molecule has 1 aliphatic heterocycles. The fourth-order valence-corrected chi connectivity index (χ4v) is 2.43. The highest BCUT2D eigenvalue weighted by Crippen LogP contribution is 2.11. The highest BCUT2D eigenvalue weighted by atomic mass is 16.5. The molecule has 24 heavy (non-hydrogen) atoms. The van der Waals surface area contributed by atoms with Gasteiger partial charge in [0.1, 0.15) is 0 Å². The third kappa shape index (κ3) is 5.85. The van der Waals surface area contributed by atoms with Crippen molar-refractivity contribution in [3.05, 3.63) is 35.4 Å². The van der Waals surface area contributed by atoms with E-state index in [1.165, 1.54) is 11.1 Å². The van der Waals surface area contributed by atoms with E-state index in [0.29, 0.717) is 18.4 Å². The summed E-state index contributed by atoms with van der Waals surface area (Å²) >= 11 is 0. The van der Waals surface area contributed by atoms with Crippen molar-refractivity contribution in [1.29, 1.82) is 0 Å². The molecule has 0 aliphatic carbocycles. The summed E-state index contributed by atoms with van der Waals surface area (Å²) in [5, 5.41) is 6.46. The number of aryl methyl sites for hydroxylation is 1. The summed E-state index contributed by atoms with van der Waals surface area (Å²) in [5.74, 6) is 1.19. The van der Waals surface area contributed by atoms with Gasteiger partial charge in [0.15, 0.2) is 5.96 Å². The van der Waals surface area contributed by atoms with Crippen molar-refractivity contribution in [2.45, 2.75) is 19.9 Å². The monoisotopic (exact) mass is 332 g/mol. The van der Waals surface area contributed by atoms with Crippen LogP contribution in [0.5, 0.6) is 0 Å². The van der Waals surface area contributed by atoms with E-state index in [-0.39, 0.29) is 12.5 Å². The van der Waals surface area contributed by atoms with Crippen molar-refractivity contribution in [2.24, 2.45) is 10.9 Å².